The molecule has 0 saturated heterocycles. The lowest BCUT2D eigenvalue weighted by Crippen LogP contribution is -2.53. The quantitative estimate of drug-likeness (QED) is 0.185. The van der Waals surface area contributed by atoms with Gasteiger partial charge in [-0.2, -0.15) is 8.78 Å². The number of aliphatic carboxylic acids is 1. The first-order valence-corrected chi connectivity index (χ1v) is 11.0. The van der Waals surface area contributed by atoms with Gasteiger partial charge >= 0.3 is 17.8 Å². The van der Waals surface area contributed by atoms with E-state index < -0.39 is 83.6 Å². The minimum Gasteiger partial charge on any atom is -0.481 e. The number of benzene rings is 2. The zero-order chi connectivity index (χ0) is 28.6. The first-order chi connectivity index (χ1) is 17.8. The SMILES string of the molecule is C[C@H](NC(=O)C(=O)NCc1ccc(Cl)cc1)C(=O)N[C@@H](CC(=O)O)C(=O)COc1c(F)c(F)cc(F)c1F. The van der Waals surface area contributed by atoms with Gasteiger partial charge in [0, 0.05) is 17.6 Å². The van der Waals surface area contributed by atoms with Gasteiger partial charge in [-0.3, -0.25) is 24.0 Å². The molecule has 0 aromatic heterocycles. The Labute approximate surface area is 217 Å². The van der Waals surface area contributed by atoms with E-state index in [0.29, 0.717) is 10.6 Å². The Kier molecular flexibility index (Phi) is 10.6. The smallest absolute Gasteiger partial charge is 0.309 e. The second kappa shape index (κ2) is 13.4. The van der Waals surface area contributed by atoms with Crippen molar-refractivity contribution in [1.82, 2.24) is 16.0 Å². The van der Waals surface area contributed by atoms with E-state index in [1.165, 1.54) is 0 Å². The number of rotatable bonds is 11. The number of nitrogens with one attached hydrogen (secondary N) is 3. The molecule has 2 rings (SSSR count). The molecular weight excluding hydrogens is 542 g/mol. The van der Waals surface area contributed by atoms with Crippen molar-refractivity contribution in [2.24, 2.45) is 0 Å². The molecule has 0 aliphatic heterocycles. The number of carboxylic acid groups (broad SMARTS) is 1. The lowest BCUT2D eigenvalue weighted by Gasteiger charge is -2.20. The molecule has 2 aromatic carbocycles. The van der Waals surface area contributed by atoms with Gasteiger partial charge in [0.25, 0.3) is 0 Å². The maximum Gasteiger partial charge on any atom is 0.309 e. The minimum atomic E-state index is -1.93. The van der Waals surface area contributed by atoms with Crippen LogP contribution in [0.4, 0.5) is 17.6 Å². The topological polar surface area (TPSA) is 151 Å². The maximum absolute atomic E-state index is 13.7. The fraction of sp³-hybridized carbons (Fsp3) is 0.261. The predicted molar refractivity (Wildman–Crippen MR) is 122 cm³/mol. The van der Waals surface area contributed by atoms with Crippen molar-refractivity contribution >= 4 is 41.1 Å². The number of halogens is 5. The summed E-state index contributed by atoms with van der Waals surface area (Å²) in [7, 11) is 0. The van der Waals surface area contributed by atoms with Crippen LogP contribution in [-0.2, 0) is 30.5 Å². The number of carboxylic acids is 1. The van der Waals surface area contributed by atoms with Gasteiger partial charge in [0.2, 0.25) is 17.5 Å². The van der Waals surface area contributed by atoms with E-state index in [-0.39, 0.29) is 12.6 Å². The number of carbonyl (C=O) groups is 5. The number of Topliss-reactive ketones (excluding diaryl/α,β-unsaturated/α-hetero) is 1. The number of carbonyl (C=O) groups excluding carboxylic acids is 4. The standard InChI is InChI=1S/C23H20ClF4N3O7/c1-10(30-23(37)22(36)29-8-11-2-4-12(24)5-3-11)21(35)31-15(7-17(33)34)16(32)9-38-20-18(27)13(25)6-14(26)19(20)28/h2-6,10,15H,7-9H2,1H3,(H,29,36)(H,30,37)(H,31,35)(H,33,34)/t10-,15-/m0/s1. The van der Waals surface area contributed by atoms with Crippen LogP contribution in [0.2, 0.25) is 5.02 Å². The average Bonchev–Trinajstić information content (AvgIpc) is 2.85. The Balaban J connectivity index is 1.97. The highest BCUT2D eigenvalue weighted by Gasteiger charge is 2.29. The summed E-state index contributed by atoms with van der Waals surface area (Å²) in [4.78, 5) is 60.0. The molecule has 0 bridgehead atoms. The molecule has 15 heteroatoms. The number of hydrogen-bond donors (Lipinski definition) is 4. The van der Waals surface area contributed by atoms with Crippen LogP contribution in [0.1, 0.15) is 18.9 Å². The summed E-state index contributed by atoms with van der Waals surface area (Å²) in [6, 6.07) is 2.99. The van der Waals surface area contributed by atoms with Crippen LogP contribution in [0.5, 0.6) is 5.75 Å². The third-order valence-corrected chi connectivity index (χ3v) is 5.08. The van der Waals surface area contributed by atoms with Crippen LogP contribution in [-0.4, -0.2) is 53.3 Å². The van der Waals surface area contributed by atoms with Crippen molar-refractivity contribution in [3.8, 4) is 5.75 Å². The minimum absolute atomic E-state index is 0.0322. The highest BCUT2D eigenvalue weighted by Crippen LogP contribution is 2.26. The van der Waals surface area contributed by atoms with Crippen molar-refractivity contribution in [3.05, 3.63) is 64.2 Å². The van der Waals surface area contributed by atoms with Gasteiger partial charge in [-0.25, -0.2) is 8.78 Å². The molecule has 0 fully saturated rings. The first kappa shape index (κ1) is 30.0. The Morgan fingerprint density at radius 3 is 2.08 bits per heavy atom. The number of ketones is 1. The van der Waals surface area contributed by atoms with Gasteiger partial charge in [0.05, 0.1) is 6.42 Å². The summed E-state index contributed by atoms with van der Waals surface area (Å²) in [5.41, 5.74) is 0.624. The lowest BCUT2D eigenvalue weighted by atomic mass is 10.1. The molecule has 0 saturated carbocycles. The molecule has 4 N–H and O–H groups in total. The normalized spacial score (nSPS) is 12.2. The Morgan fingerprint density at radius 2 is 1.53 bits per heavy atom. The molecule has 0 unspecified atom stereocenters. The second-order valence-electron chi connectivity index (χ2n) is 7.72. The maximum atomic E-state index is 13.7. The predicted octanol–water partition coefficient (Wildman–Crippen LogP) is 1.62. The van der Waals surface area contributed by atoms with Gasteiger partial charge in [-0.15, -0.1) is 0 Å². The van der Waals surface area contributed by atoms with Crippen molar-refractivity contribution < 1.29 is 51.4 Å². The largest absolute Gasteiger partial charge is 0.481 e. The van der Waals surface area contributed by atoms with Gasteiger partial charge in [0.1, 0.15) is 18.7 Å². The average molecular weight is 562 g/mol. The Hall–Kier alpha value is -4.20. The van der Waals surface area contributed by atoms with Gasteiger partial charge in [-0.1, -0.05) is 23.7 Å². The van der Waals surface area contributed by atoms with Crippen molar-refractivity contribution in [2.45, 2.75) is 32.0 Å². The van der Waals surface area contributed by atoms with E-state index in [1.54, 1.807) is 24.3 Å². The van der Waals surface area contributed by atoms with Crippen LogP contribution in [0.25, 0.3) is 0 Å². The van der Waals surface area contributed by atoms with E-state index in [9.17, 15) is 41.5 Å². The fourth-order valence-electron chi connectivity index (χ4n) is 2.83. The summed E-state index contributed by atoms with van der Waals surface area (Å²) in [6.45, 7) is -0.183. The third kappa shape index (κ3) is 8.44. The summed E-state index contributed by atoms with van der Waals surface area (Å²) in [5, 5.41) is 15.8. The summed E-state index contributed by atoms with van der Waals surface area (Å²) in [6.07, 6.45) is -1.02. The second-order valence-corrected chi connectivity index (χ2v) is 8.15. The molecule has 0 spiro atoms. The number of hydrogen-bond acceptors (Lipinski definition) is 6. The molecule has 0 aliphatic carbocycles. The molecule has 2 aromatic rings. The summed E-state index contributed by atoms with van der Waals surface area (Å²) >= 11 is 5.76. The van der Waals surface area contributed by atoms with Crippen LogP contribution >= 0.6 is 11.6 Å². The molecule has 38 heavy (non-hydrogen) atoms. The van der Waals surface area contributed by atoms with Crippen LogP contribution in [0, 0.1) is 23.3 Å². The monoisotopic (exact) mass is 561 g/mol. The van der Waals surface area contributed by atoms with Crippen molar-refractivity contribution in [3.63, 3.8) is 0 Å². The molecule has 0 heterocycles. The molecule has 3 amide bonds. The fourth-order valence-corrected chi connectivity index (χ4v) is 2.96. The summed E-state index contributed by atoms with van der Waals surface area (Å²) < 4.78 is 58.5. The Bertz CT molecular complexity index is 1220. The molecular formula is C23H20ClF4N3O7. The number of amides is 3. The lowest BCUT2D eigenvalue weighted by molar-refractivity contribution is -0.142. The van der Waals surface area contributed by atoms with Crippen molar-refractivity contribution in [1.29, 1.82) is 0 Å². The molecule has 2 atom stereocenters. The number of ether oxygens (including phenoxy) is 1. The van der Waals surface area contributed by atoms with Crippen molar-refractivity contribution in [2.75, 3.05) is 6.61 Å². The van der Waals surface area contributed by atoms with Gasteiger partial charge in [-0.05, 0) is 24.6 Å². The first-order valence-electron chi connectivity index (χ1n) is 10.6. The highest BCUT2D eigenvalue weighted by molar-refractivity contribution is 6.35. The van der Waals surface area contributed by atoms with Gasteiger partial charge < -0.3 is 25.8 Å². The zero-order valence-electron chi connectivity index (χ0n) is 19.4. The van der Waals surface area contributed by atoms with E-state index in [4.69, 9.17) is 16.7 Å². The summed E-state index contributed by atoms with van der Waals surface area (Å²) in [5.74, 6) is -15.2. The van der Waals surface area contributed by atoms with E-state index in [1.807, 2.05) is 5.32 Å². The van der Waals surface area contributed by atoms with Crippen LogP contribution in [0.3, 0.4) is 0 Å². The third-order valence-electron chi connectivity index (χ3n) is 4.83. The van der Waals surface area contributed by atoms with Crippen LogP contribution < -0.4 is 20.7 Å². The molecule has 0 aliphatic rings. The van der Waals surface area contributed by atoms with E-state index >= 15 is 0 Å². The van der Waals surface area contributed by atoms with Crippen LogP contribution in [0.15, 0.2) is 30.3 Å². The molecule has 204 valence electrons. The molecule has 10 nitrogen and oxygen atoms in total. The highest BCUT2D eigenvalue weighted by atomic mass is 35.5. The Morgan fingerprint density at radius 1 is 0.947 bits per heavy atom. The van der Waals surface area contributed by atoms with Gasteiger partial charge in [0.15, 0.2) is 23.2 Å². The van der Waals surface area contributed by atoms with E-state index in [0.717, 1.165) is 6.92 Å². The molecule has 0 radical (unpaired) electrons. The zero-order valence-corrected chi connectivity index (χ0v) is 20.2. The van der Waals surface area contributed by atoms with E-state index in [2.05, 4.69) is 15.4 Å².